The molecule has 2 heterocycles. The summed E-state index contributed by atoms with van der Waals surface area (Å²) in [6.07, 6.45) is 7.84. The lowest BCUT2D eigenvalue weighted by Crippen LogP contribution is -2.11. The number of ketones is 2. The van der Waals surface area contributed by atoms with Crippen LogP contribution in [0.1, 0.15) is 88.1 Å². The third-order valence-electron chi connectivity index (χ3n) is 4.82. The number of carbonyl (C=O) groups excluding carboxylic acids is 4. The van der Waals surface area contributed by atoms with Crippen molar-refractivity contribution >= 4 is 56.3 Å². The summed E-state index contributed by atoms with van der Waals surface area (Å²) in [6, 6.07) is 0. The molecule has 0 atom stereocenters. The van der Waals surface area contributed by atoms with E-state index in [9.17, 15) is 19.2 Å². The average molecular weight is 509 g/mol. The summed E-state index contributed by atoms with van der Waals surface area (Å²) in [7, 11) is 0. The van der Waals surface area contributed by atoms with Crippen LogP contribution in [0.4, 0.5) is 10.3 Å². The van der Waals surface area contributed by atoms with Crippen LogP contribution < -0.4 is 10.6 Å². The highest BCUT2D eigenvalue weighted by Crippen LogP contribution is 2.20. The molecule has 0 aliphatic rings. The molecule has 2 aromatic rings. The van der Waals surface area contributed by atoms with Gasteiger partial charge in [0.25, 0.3) is 0 Å². The van der Waals surface area contributed by atoms with Crippen LogP contribution in [0.2, 0.25) is 0 Å². The van der Waals surface area contributed by atoms with Crippen LogP contribution in [0.15, 0.2) is 0 Å². The normalized spacial score (nSPS) is 10.8. The van der Waals surface area contributed by atoms with E-state index in [1.54, 1.807) is 13.8 Å². The molecule has 34 heavy (non-hydrogen) atoms. The van der Waals surface area contributed by atoms with Gasteiger partial charge in [-0.2, -0.15) is 0 Å². The lowest BCUT2D eigenvalue weighted by atomic mass is 10.1. The molecule has 0 saturated carbocycles. The Balaban J connectivity index is 1.60. The molecule has 2 aromatic heterocycles. The van der Waals surface area contributed by atoms with Gasteiger partial charge in [-0.05, 0) is 52.4 Å². The van der Waals surface area contributed by atoms with Crippen LogP contribution in [0.3, 0.4) is 0 Å². The number of nitrogens with zero attached hydrogens (tertiary/aromatic N) is 4. The van der Waals surface area contributed by atoms with E-state index in [1.165, 1.54) is 22.7 Å². The summed E-state index contributed by atoms with van der Waals surface area (Å²) in [5.74, 6) is 0.0604. The van der Waals surface area contributed by atoms with Gasteiger partial charge in [0.1, 0.15) is 21.6 Å². The molecule has 0 aliphatic heterocycles. The zero-order valence-corrected chi connectivity index (χ0v) is 21.4. The number of hydrogen-bond acceptors (Lipinski definition) is 10. The largest absolute Gasteiger partial charge is 0.301 e. The molecule has 0 aromatic carbocycles. The van der Waals surface area contributed by atoms with E-state index in [4.69, 9.17) is 0 Å². The summed E-state index contributed by atoms with van der Waals surface area (Å²) in [4.78, 5) is 45.7. The van der Waals surface area contributed by atoms with Crippen molar-refractivity contribution in [3.8, 4) is 0 Å². The summed E-state index contributed by atoms with van der Waals surface area (Å²) in [5.41, 5.74) is 0. The summed E-state index contributed by atoms with van der Waals surface area (Å²) in [5, 5.41) is 24.5. The molecular formula is C22H32N6O4S2. The smallest absolute Gasteiger partial charge is 0.226 e. The molecule has 2 N–H and O–H groups in total. The standard InChI is InChI=1S/C22H32N6O4S2/c1-15(29)9-3-5-11-17(31)23-21-27-25-19(33-21)13-7-8-14-20-26-28-22(34-20)24-18(32)12-6-4-10-16(2)30/h3-14H2,1-2H3,(H,23,27,31)(H,24,28,32). The molecule has 0 aliphatic carbocycles. The second kappa shape index (κ2) is 15.3. The topological polar surface area (TPSA) is 144 Å². The first kappa shape index (κ1) is 27.6. The Morgan fingerprint density at radius 3 is 1.35 bits per heavy atom. The third-order valence-corrected chi connectivity index (χ3v) is 6.62. The number of amides is 2. The Morgan fingerprint density at radius 1 is 0.588 bits per heavy atom. The van der Waals surface area contributed by atoms with Crippen molar-refractivity contribution in [2.45, 2.75) is 90.9 Å². The first-order valence-electron chi connectivity index (χ1n) is 11.5. The number of rotatable bonds is 17. The number of hydrogen-bond donors (Lipinski definition) is 2. The molecule has 12 heteroatoms. The van der Waals surface area contributed by atoms with E-state index in [2.05, 4.69) is 31.0 Å². The van der Waals surface area contributed by atoms with Crippen molar-refractivity contribution in [2.24, 2.45) is 0 Å². The number of Topliss-reactive ketones (excluding diaryl/α,β-unsaturated/α-hetero) is 2. The van der Waals surface area contributed by atoms with Crippen molar-refractivity contribution in [2.75, 3.05) is 10.6 Å². The molecule has 0 unspecified atom stereocenters. The Hall–Kier alpha value is -2.60. The maximum atomic E-state index is 11.9. The molecule has 0 spiro atoms. The van der Waals surface area contributed by atoms with Crippen molar-refractivity contribution in [3.05, 3.63) is 10.0 Å². The van der Waals surface area contributed by atoms with E-state index in [0.717, 1.165) is 48.5 Å². The van der Waals surface area contributed by atoms with E-state index < -0.39 is 0 Å². The number of anilines is 2. The van der Waals surface area contributed by atoms with Gasteiger partial charge in [-0.3, -0.25) is 9.59 Å². The zero-order valence-electron chi connectivity index (χ0n) is 19.7. The van der Waals surface area contributed by atoms with Gasteiger partial charge >= 0.3 is 0 Å². The number of aromatic nitrogens is 4. The van der Waals surface area contributed by atoms with Crippen LogP contribution in [0.5, 0.6) is 0 Å². The number of nitrogens with one attached hydrogen (secondary N) is 2. The molecule has 186 valence electrons. The Labute approximate surface area is 207 Å². The highest BCUT2D eigenvalue weighted by atomic mass is 32.1. The third kappa shape index (κ3) is 12.0. The predicted molar refractivity (Wildman–Crippen MR) is 132 cm³/mol. The summed E-state index contributed by atoms with van der Waals surface area (Å²) < 4.78 is 0. The fourth-order valence-electron chi connectivity index (χ4n) is 3.05. The number of unbranched alkanes of at least 4 members (excludes halogenated alkanes) is 3. The highest BCUT2D eigenvalue weighted by molar-refractivity contribution is 7.15. The van der Waals surface area contributed by atoms with Crippen molar-refractivity contribution in [1.82, 2.24) is 20.4 Å². The second-order valence-electron chi connectivity index (χ2n) is 8.12. The molecule has 10 nitrogen and oxygen atoms in total. The summed E-state index contributed by atoms with van der Waals surface area (Å²) in [6.45, 7) is 3.10. The van der Waals surface area contributed by atoms with E-state index in [-0.39, 0.29) is 23.4 Å². The van der Waals surface area contributed by atoms with Gasteiger partial charge in [0.2, 0.25) is 22.1 Å². The van der Waals surface area contributed by atoms with Gasteiger partial charge in [-0.25, -0.2) is 0 Å². The Morgan fingerprint density at radius 2 is 0.971 bits per heavy atom. The molecule has 0 saturated heterocycles. The maximum absolute atomic E-state index is 11.9. The average Bonchev–Trinajstić information content (AvgIpc) is 3.41. The maximum Gasteiger partial charge on any atom is 0.226 e. The predicted octanol–water partition coefficient (Wildman–Crippen LogP) is 4.13. The lowest BCUT2D eigenvalue weighted by molar-refractivity contribution is -0.118. The first-order valence-corrected chi connectivity index (χ1v) is 13.2. The Bertz CT molecular complexity index is 883. The minimum atomic E-state index is -0.110. The van der Waals surface area contributed by atoms with Crippen molar-refractivity contribution in [3.63, 3.8) is 0 Å². The molecule has 2 amide bonds. The van der Waals surface area contributed by atoms with Gasteiger partial charge in [0.15, 0.2) is 0 Å². The van der Waals surface area contributed by atoms with Gasteiger partial charge in [0.05, 0.1) is 0 Å². The SMILES string of the molecule is CC(=O)CCCCC(=O)Nc1nnc(CCCCc2nnc(NC(=O)CCCCC(C)=O)s2)s1. The molecular weight excluding hydrogens is 476 g/mol. The first-order chi connectivity index (χ1) is 16.3. The van der Waals surface area contributed by atoms with Crippen LogP contribution >= 0.6 is 22.7 Å². The van der Waals surface area contributed by atoms with Crippen LogP contribution in [0, 0.1) is 0 Å². The van der Waals surface area contributed by atoms with Gasteiger partial charge in [-0.1, -0.05) is 22.7 Å². The molecule has 2 rings (SSSR count). The molecule has 0 fully saturated rings. The summed E-state index contributed by atoms with van der Waals surface area (Å²) >= 11 is 2.74. The minimum Gasteiger partial charge on any atom is -0.301 e. The van der Waals surface area contributed by atoms with Gasteiger partial charge < -0.3 is 20.2 Å². The zero-order chi connectivity index (χ0) is 24.8. The van der Waals surface area contributed by atoms with Gasteiger partial charge in [0, 0.05) is 38.5 Å². The Kier molecular flexibility index (Phi) is 12.5. The second-order valence-corrected chi connectivity index (χ2v) is 10.2. The van der Waals surface area contributed by atoms with Crippen LogP contribution in [-0.2, 0) is 32.0 Å². The van der Waals surface area contributed by atoms with Crippen molar-refractivity contribution < 1.29 is 19.2 Å². The minimum absolute atomic E-state index is 0.110. The number of carbonyl (C=O) groups is 4. The lowest BCUT2D eigenvalue weighted by Gasteiger charge is -2.00. The van der Waals surface area contributed by atoms with Crippen LogP contribution in [-0.4, -0.2) is 43.8 Å². The highest BCUT2D eigenvalue weighted by Gasteiger charge is 2.10. The number of aryl methyl sites for hydroxylation is 2. The van der Waals surface area contributed by atoms with E-state index in [1.807, 2.05) is 0 Å². The van der Waals surface area contributed by atoms with E-state index in [0.29, 0.717) is 48.8 Å². The monoisotopic (exact) mass is 508 g/mol. The van der Waals surface area contributed by atoms with Gasteiger partial charge in [-0.15, -0.1) is 20.4 Å². The molecule has 0 bridgehead atoms. The van der Waals surface area contributed by atoms with Crippen molar-refractivity contribution in [1.29, 1.82) is 0 Å². The fourth-order valence-corrected chi connectivity index (χ4v) is 4.64. The quantitative estimate of drug-likeness (QED) is 0.304. The fraction of sp³-hybridized carbons (Fsp3) is 0.636. The van der Waals surface area contributed by atoms with Crippen LogP contribution in [0.25, 0.3) is 0 Å². The van der Waals surface area contributed by atoms with E-state index >= 15 is 0 Å². The molecule has 0 radical (unpaired) electrons.